The van der Waals surface area contributed by atoms with Crippen LogP contribution >= 0.6 is 0 Å². The van der Waals surface area contributed by atoms with Crippen molar-refractivity contribution in [2.45, 2.75) is 32.6 Å². The van der Waals surface area contributed by atoms with E-state index in [0.29, 0.717) is 16.7 Å². The van der Waals surface area contributed by atoms with E-state index in [1.165, 1.54) is 6.07 Å². The van der Waals surface area contributed by atoms with Crippen LogP contribution in [-0.4, -0.2) is 25.6 Å². The molecule has 1 amide bonds. The summed E-state index contributed by atoms with van der Waals surface area (Å²) in [6.07, 6.45) is -3.45. The van der Waals surface area contributed by atoms with Crippen molar-refractivity contribution in [3.8, 4) is 11.3 Å². The van der Waals surface area contributed by atoms with Gasteiger partial charge in [-0.2, -0.15) is 13.2 Å². The van der Waals surface area contributed by atoms with Gasteiger partial charge in [0.25, 0.3) is 0 Å². The van der Waals surface area contributed by atoms with E-state index in [0.717, 1.165) is 23.4 Å². The van der Waals surface area contributed by atoms with Crippen LogP contribution in [0.25, 0.3) is 11.3 Å². The molecule has 0 radical (unpaired) electrons. The number of amides is 1. The van der Waals surface area contributed by atoms with Crippen LogP contribution in [0.3, 0.4) is 0 Å². The third-order valence-corrected chi connectivity index (χ3v) is 5.63. The molecule has 0 saturated heterocycles. The topological polar surface area (TPSA) is 88.2 Å². The van der Waals surface area contributed by atoms with Gasteiger partial charge in [-0.05, 0) is 35.7 Å². The van der Waals surface area contributed by atoms with E-state index < -0.39 is 21.9 Å². The Morgan fingerprint density at radius 2 is 1.65 bits per heavy atom. The second kappa shape index (κ2) is 10.4. The molecular weight excluding hydrogens is 467 g/mol. The van der Waals surface area contributed by atoms with Crippen molar-refractivity contribution in [2.75, 3.05) is 6.26 Å². The number of carbonyl (C=O) groups is 1. The van der Waals surface area contributed by atoms with Crippen molar-refractivity contribution < 1.29 is 26.4 Å². The standard InChI is InChI=1S/C24H24F3N3O3S/c1-16-4-3-5-19(12-16)23-20(10-11-21(30-23)24(25,26)27)15-28-22(31)13-17-6-8-18(9-7-17)14-29-34(2,32)33/h3-12,29H,13-15H2,1-2H3,(H,28,31). The van der Waals surface area contributed by atoms with Crippen molar-refractivity contribution in [3.05, 3.63) is 88.6 Å². The van der Waals surface area contributed by atoms with Gasteiger partial charge in [-0.25, -0.2) is 18.1 Å². The highest BCUT2D eigenvalue weighted by Crippen LogP contribution is 2.31. The number of alkyl halides is 3. The van der Waals surface area contributed by atoms with Crippen molar-refractivity contribution in [3.63, 3.8) is 0 Å². The van der Waals surface area contributed by atoms with Gasteiger partial charge in [0.15, 0.2) is 0 Å². The number of rotatable bonds is 8. The van der Waals surface area contributed by atoms with E-state index in [1.54, 1.807) is 42.5 Å². The van der Waals surface area contributed by atoms with E-state index in [2.05, 4.69) is 15.0 Å². The van der Waals surface area contributed by atoms with Gasteiger partial charge < -0.3 is 5.32 Å². The van der Waals surface area contributed by atoms with E-state index in [-0.39, 0.29) is 31.1 Å². The predicted octanol–water partition coefficient (Wildman–Crippen LogP) is 3.98. The molecule has 3 rings (SSSR count). The van der Waals surface area contributed by atoms with Gasteiger partial charge in [0.2, 0.25) is 15.9 Å². The summed E-state index contributed by atoms with van der Waals surface area (Å²) in [5, 5.41) is 2.74. The van der Waals surface area contributed by atoms with Gasteiger partial charge in [0.05, 0.1) is 18.4 Å². The van der Waals surface area contributed by atoms with Crippen LogP contribution in [0.1, 0.15) is 27.9 Å². The number of sulfonamides is 1. The maximum absolute atomic E-state index is 13.2. The number of nitrogens with zero attached hydrogens (tertiary/aromatic N) is 1. The summed E-state index contributed by atoms with van der Waals surface area (Å²) in [7, 11) is -3.30. The van der Waals surface area contributed by atoms with Gasteiger partial charge in [-0.15, -0.1) is 0 Å². The maximum Gasteiger partial charge on any atom is 0.433 e. The number of hydrogen-bond donors (Lipinski definition) is 2. The molecule has 1 aromatic heterocycles. The molecule has 2 N–H and O–H groups in total. The molecule has 6 nitrogen and oxygen atoms in total. The minimum Gasteiger partial charge on any atom is -0.352 e. The summed E-state index contributed by atoms with van der Waals surface area (Å²) < 4.78 is 64.4. The van der Waals surface area contributed by atoms with Crippen molar-refractivity contribution in [1.82, 2.24) is 15.0 Å². The first-order chi connectivity index (χ1) is 15.9. The molecular formula is C24H24F3N3O3S. The molecule has 0 unspecified atom stereocenters. The Kier molecular flexibility index (Phi) is 7.73. The van der Waals surface area contributed by atoms with Gasteiger partial charge in [0, 0.05) is 18.7 Å². The number of carbonyl (C=O) groups excluding carboxylic acids is 1. The van der Waals surface area contributed by atoms with Crippen molar-refractivity contribution in [1.29, 1.82) is 0 Å². The molecule has 0 aliphatic rings. The molecule has 0 saturated carbocycles. The molecule has 0 atom stereocenters. The maximum atomic E-state index is 13.2. The lowest BCUT2D eigenvalue weighted by Crippen LogP contribution is -2.25. The Bertz CT molecular complexity index is 1270. The molecule has 3 aromatic rings. The minimum atomic E-state index is -4.58. The van der Waals surface area contributed by atoms with Gasteiger partial charge in [0.1, 0.15) is 5.69 Å². The Morgan fingerprint density at radius 3 is 2.26 bits per heavy atom. The molecule has 1 heterocycles. The highest BCUT2D eigenvalue weighted by Gasteiger charge is 2.33. The summed E-state index contributed by atoms with van der Waals surface area (Å²) in [6.45, 7) is 2.00. The molecule has 0 bridgehead atoms. The zero-order valence-corrected chi connectivity index (χ0v) is 19.4. The van der Waals surface area contributed by atoms with E-state index in [9.17, 15) is 26.4 Å². The van der Waals surface area contributed by atoms with Crippen LogP contribution in [0.5, 0.6) is 0 Å². The SMILES string of the molecule is Cc1cccc(-c2nc(C(F)(F)F)ccc2CNC(=O)Cc2ccc(CNS(C)(=O)=O)cc2)c1. The van der Waals surface area contributed by atoms with E-state index in [4.69, 9.17) is 0 Å². The smallest absolute Gasteiger partial charge is 0.352 e. The summed E-state index contributed by atoms with van der Waals surface area (Å²) in [5.41, 5.74) is 2.51. The quantitative estimate of drug-likeness (QED) is 0.499. The Balaban J connectivity index is 1.70. The lowest BCUT2D eigenvalue weighted by molar-refractivity contribution is -0.141. The fourth-order valence-corrected chi connectivity index (χ4v) is 3.69. The molecule has 180 valence electrons. The van der Waals surface area contributed by atoms with Crippen LogP contribution in [0, 0.1) is 6.92 Å². The highest BCUT2D eigenvalue weighted by atomic mass is 32.2. The Labute approximate surface area is 196 Å². The third-order valence-electron chi connectivity index (χ3n) is 4.96. The van der Waals surface area contributed by atoms with Gasteiger partial charge >= 0.3 is 6.18 Å². The number of aromatic nitrogens is 1. The third kappa shape index (κ3) is 7.39. The lowest BCUT2D eigenvalue weighted by Gasteiger charge is -2.14. The second-order valence-corrected chi connectivity index (χ2v) is 9.77. The zero-order valence-electron chi connectivity index (χ0n) is 18.6. The number of nitrogens with one attached hydrogen (secondary N) is 2. The van der Waals surface area contributed by atoms with Gasteiger partial charge in [-0.1, -0.05) is 54.1 Å². The Morgan fingerprint density at radius 1 is 0.971 bits per heavy atom. The predicted molar refractivity (Wildman–Crippen MR) is 123 cm³/mol. The summed E-state index contributed by atoms with van der Waals surface area (Å²) in [6, 6.07) is 16.1. The van der Waals surface area contributed by atoms with Crippen LogP contribution in [0.15, 0.2) is 60.7 Å². The van der Waals surface area contributed by atoms with Crippen LogP contribution < -0.4 is 10.0 Å². The highest BCUT2D eigenvalue weighted by molar-refractivity contribution is 7.88. The number of hydrogen-bond acceptors (Lipinski definition) is 4. The molecule has 0 aliphatic heterocycles. The number of benzene rings is 2. The second-order valence-electron chi connectivity index (χ2n) is 7.93. The van der Waals surface area contributed by atoms with Gasteiger partial charge in [-0.3, -0.25) is 4.79 Å². The van der Waals surface area contributed by atoms with Crippen molar-refractivity contribution in [2.24, 2.45) is 0 Å². The molecule has 34 heavy (non-hydrogen) atoms. The first-order valence-corrected chi connectivity index (χ1v) is 12.2. The zero-order chi connectivity index (χ0) is 24.9. The molecule has 0 fully saturated rings. The molecule has 0 aliphatic carbocycles. The Hall–Kier alpha value is -3.24. The first kappa shape index (κ1) is 25.4. The molecule has 2 aromatic carbocycles. The van der Waals surface area contributed by atoms with Crippen molar-refractivity contribution >= 4 is 15.9 Å². The summed E-state index contributed by atoms with van der Waals surface area (Å²) in [5.74, 6) is -0.308. The van der Waals surface area contributed by atoms with E-state index in [1.807, 2.05) is 13.0 Å². The largest absolute Gasteiger partial charge is 0.433 e. The minimum absolute atomic E-state index is 0.0175. The van der Waals surface area contributed by atoms with Crippen LogP contribution in [0.4, 0.5) is 13.2 Å². The first-order valence-electron chi connectivity index (χ1n) is 10.3. The van der Waals surface area contributed by atoms with Crippen LogP contribution in [0.2, 0.25) is 0 Å². The molecule has 0 spiro atoms. The number of aryl methyl sites for hydroxylation is 1. The lowest BCUT2D eigenvalue weighted by atomic mass is 10.0. The normalized spacial score (nSPS) is 11.9. The summed E-state index contributed by atoms with van der Waals surface area (Å²) >= 11 is 0. The fourth-order valence-electron chi connectivity index (χ4n) is 3.26. The fraction of sp³-hybridized carbons (Fsp3) is 0.250. The summed E-state index contributed by atoms with van der Waals surface area (Å²) in [4.78, 5) is 16.3. The number of halogens is 3. The monoisotopic (exact) mass is 491 g/mol. The number of pyridine rings is 1. The average molecular weight is 492 g/mol. The van der Waals surface area contributed by atoms with E-state index >= 15 is 0 Å². The van der Waals surface area contributed by atoms with Crippen LogP contribution in [-0.2, 0) is 40.5 Å². The molecule has 10 heteroatoms. The average Bonchev–Trinajstić information content (AvgIpc) is 2.76.